The number of anilines is 2. The van der Waals surface area contributed by atoms with Gasteiger partial charge in [-0.2, -0.15) is 0 Å². The number of hydrogen-bond donors (Lipinski definition) is 1. The third kappa shape index (κ3) is 4.41. The highest BCUT2D eigenvalue weighted by molar-refractivity contribution is 7.99. The van der Waals surface area contributed by atoms with E-state index in [4.69, 9.17) is 4.74 Å². The van der Waals surface area contributed by atoms with E-state index < -0.39 is 6.10 Å². The molecule has 0 unspecified atom stereocenters. The summed E-state index contributed by atoms with van der Waals surface area (Å²) in [6.07, 6.45) is 1.02. The summed E-state index contributed by atoms with van der Waals surface area (Å²) in [5.41, 5.74) is 2.01. The lowest BCUT2D eigenvalue weighted by atomic mass is 10.1. The molecule has 7 heteroatoms. The number of fused-ring (bicyclic) bond motifs is 2. The van der Waals surface area contributed by atoms with Crippen molar-refractivity contribution in [2.45, 2.75) is 42.8 Å². The van der Waals surface area contributed by atoms with Crippen LogP contribution in [0.1, 0.15) is 31.1 Å². The number of carbonyl (C=O) groups excluding carboxylic acids is 2. The van der Waals surface area contributed by atoms with E-state index in [1.165, 1.54) is 11.8 Å². The van der Waals surface area contributed by atoms with Crippen LogP contribution < -0.4 is 15.0 Å². The van der Waals surface area contributed by atoms with Gasteiger partial charge in [-0.3, -0.25) is 9.59 Å². The summed E-state index contributed by atoms with van der Waals surface area (Å²) in [4.78, 5) is 32.8. The van der Waals surface area contributed by atoms with Crippen molar-refractivity contribution in [2.24, 2.45) is 0 Å². The first-order valence-corrected chi connectivity index (χ1v) is 10.9. The first kappa shape index (κ1) is 20.9. The molecule has 3 aromatic rings. The third-order valence-electron chi connectivity index (χ3n) is 4.86. The van der Waals surface area contributed by atoms with Crippen LogP contribution in [0.2, 0.25) is 0 Å². The smallest absolute Gasteiger partial charge is 0.265 e. The number of amides is 2. The Morgan fingerprint density at radius 1 is 1.06 bits per heavy atom. The first-order valence-electron chi connectivity index (χ1n) is 10.1. The number of benzene rings is 2. The standard InChI is InChI=1S/C24H23N3O3S/c1-15(2)27-20-12-11-17(26-22(28)16(3)30-18-8-5-4-6-9-18)14-21(20)31-23-19(24(27)29)10-7-13-25-23/h4-16H,1-3H3,(H,26,28)/t16-/m1/s1. The lowest BCUT2D eigenvalue weighted by Gasteiger charge is -2.27. The minimum Gasteiger partial charge on any atom is -0.481 e. The summed E-state index contributed by atoms with van der Waals surface area (Å²) in [5.74, 6) is 0.306. The molecule has 0 radical (unpaired) electrons. The zero-order valence-electron chi connectivity index (χ0n) is 17.5. The van der Waals surface area contributed by atoms with E-state index in [-0.39, 0.29) is 17.9 Å². The fourth-order valence-corrected chi connectivity index (χ4v) is 4.41. The Balaban J connectivity index is 1.60. The molecule has 2 aromatic carbocycles. The second kappa shape index (κ2) is 8.81. The maximum Gasteiger partial charge on any atom is 0.265 e. The fourth-order valence-electron chi connectivity index (χ4n) is 3.36. The van der Waals surface area contributed by atoms with Gasteiger partial charge in [-0.05, 0) is 63.2 Å². The third-order valence-corrected chi connectivity index (χ3v) is 5.92. The van der Waals surface area contributed by atoms with Crippen LogP contribution in [0, 0.1) is 0 Å². The van der Waals surface area contributed by atoms with Gasteiger partial charge in [0.1, 0.15) is 10.8 Å². The van der Waals surface area contributed by atoms with E-state index in [0.29, 0.717) is 22.0 Å². The SMILES string of the molecule is CC(C)N1C(=O)c2cccnc2Sc2cc(NC(=O)[C@@H](C)Oc3ccccc3)ccc21. The zero-order valence-corrected chi connectivity index (χ0v) is 18.3. The van der Waals surface area contributed by atoms with Crippen molar-refractivity contribution in [3.8, 4) is 5.75 Å². The lowest BCUT2D eigenvalue weighted by molar-refractivity contribution is -0.122. The van der Waals surface area contributed by atoms with Gasteiger partial charge in [-0.15, -0.1) is 0 Å². The van der Waals surface area contributed by atoms with Gasteiger partial charge in [-0.25, -0.2) is 4.98 Å². The number of rotatable bonds is 5. The van der Waals surface area contributed by atoms with Crippen LogP contribution in [-0.4, -0.2) is 28.9 Å². The topological polar surface area (TPSA) is 71.5 Å². The second-order valence-electron chi connectivity index (χ2n) is 7.47. The molecule has 1 N–H and O–H groups in total. The molecule has 0 aliphatic carbocycles. The van der Waals surface area contributed by atoms with Gasteiger partial charge in [0.15, 0.2) is 6.10 Å². The van der Waals surface area contributed by atoms with Crippen molar-refractivity contribution in [2.75, 3.05) is 10.2 Å². The van der Waals surface area contributed by atoms with E-state index in [2.05, 4.69) is 10.3 Å². The molecule has 2 heterocycles. The lowest BCUT2D eigenvalue weighted by Crippen LogP contribution is -2.37. The quantitative estimate of drug-likeness (QED) is 0.613. The van der Waals surface area contributed by atoms with E-state index in [9.17, 15) is 9.59 Å². The number of aromatic nitrogens is 1. The highest BCUT2D eigenvalue weighted by Crippen LogP contribution is 2.42. The normalized spacial score (nSPS) is 13.8. The summed E-state index contributed by atoms with van der Waals surface area (Å²) >= 11 is 1.42. The van der Waals surface area contributed by atoms with Crippen molar-refractivity contribution in [1.29, 1.82) is 0 Å². The van der Waals surface area contributed by atoms with Crippen LogP contribution in [0.4, 0.5) is 11.4 Å². The largest absolute Gasteiger partial charge is 0.481 e. The molecule has 2 amide bonds. The number of ether oxygens (including phenoxy) is 1. The average molecular weight is 434 g/mol. The highest BCUT2D eigenvalue weighted by atomic mass is 32.2. The number of hydrogen-bond acceptors (Lipinski definition) is 5. The average Bonchev–Trinajstić information content (AvgIpc) is 2.88. The summed E-state index contributed by atoms with van der Waals surface area (Å²) in [6, 6.07) is 18.3. The molecule has 158 valence electrons. The molecule has 0 saturated carbocycles. The van der Waals surface area contributed by atoms with Gasteiger partial charge in [-0.1, -0.05) is 30.0 Å². The Morgan fingerprint density at radius 2 is 1.84 bits per heavy atom. The molecule has 0 spiro atoms. The van der Waals surface area contributed by atoms with Crippen LogP contribution in [0.15, 0.2) is 76.8 Å². The number of nitrogens with one attached hydrogen (secondary N) is 1. The molecular weight excluding hydrogens is 410 g/mol. The van der Waals surface area contributed by atoms with E-state index in [1.54, 1.807) is 36.2 Å². The van der Waals surface area contributed by atoms with Crippen LogP contribution in [0.25, 0.3) is 0 Å². The Bertz CT molecular complexity index is 1120. The Hall–Kier alpha value is -3.32. The highest BCUT2D eigenvalue weighted by Gasteiger charge is 2.30. The van der Waals surface area contributed by atoms with E-state index in [1.807, 2.05) is 56.3 Å². The monoisotopic (exact) mass is 433 g/mol. The number of nitrogens with zero attached hydrogens (tertiary/aromatic N) is 2. The molecule has 0 saturated heterocycles. The van der Waals surface area contributed by atoms with E-state index >= 15 is 0 Å². The second-order valence-corrected chi connectivity index (χ2v) is 8.50. The van der Waals surface area contributed by atoms with Gasteiger partial charge in [0, 0.05) is 22.8 Å². The van der Waals surface area contributed by atoms with Crippen molar-refractivity contribution < 1.29 is 14.3 Å². The summed E-state index contributed by atoms with van der Waals surface area (Å²) < 4.78 is 5.71. The maximum absolute atomic E-state index is 13.2. The van der Waals surface area contributed by atoms with Crippen molar-refractivity contribution >= 4 is 35.0 Å². The van der Waals surface area contributed by atoms with Gasteiger partial charge >= 0.3 is 0 Å². The van der Waals surface area contributed by atoms with Crippen LogP contribution >= 0.6 is 11.8 Å². The number of pyridine rings is 1. The zero-order chi connectivity index (χ0) is 22.0. The van der Waals surface area contributed by atoms with Gasteiger partial charge < -0.3 is 15.0 Å². The van der Waals surface area contributed by atoms with Crippen molar-refractivity contribution in [1.82, 2.24) is 4.98 Å². The minimum atomic E-state index is -0.662. The van der Waals surface area contributed by atoms with Gasteiger partial charge in [0.2, 0.25) is 0 Å². The van der Waals surface area contributed by atoms with Gasteiger partial charge in [0.25, 0.3) is 11.8 Å². The number of carbonyl (C=O) groups is 2. The van der Waals surface area contributed by atoms with Crippen LogP contribution in [-0.2, 0) is 4.79 Å². The molecule has 0 fully saturated rings. The molecule has 6 nitrogen and oxygen atoms in total. The maximum atomic E-state index is 13.2. The molecule has 1 aromatic heterocycles. The predicted octanol–water partition coefficient (Wildman–Crippen LogP) is 5.01. The first-order chi connectivity index (χ1) is 14.9. The molecule has 0 bridgehead atoms. The molecule has 1 aliphatic heterocycles. The molecule has 4 rings (SSSR count). The Kier molecular flexibility index (Phi) is 5.95. The van der Waals surface area contributed by atoms with Gasteiger partial charge in [0.05, 0.1) is 11.3 Å². The molecular formula is C24H23N3O3S. The summed E-state index contributed by atoms with van der Waals surface area (Å²) in [6.45, 7) is 5.66. The molecule has 1 aliphatic rings. The number of para-hydroxylation sites is 1. The van der Waals surface area contributed by atoms with Crippen LogP contribution in [0.3, 0.4) is 0 Å². The summed E-state index contributed by atoms with van der Waals surface area (Å²) in [7, 11) is 0. The fraction of sp³-hybridized carbons (Fsp3) is 0.208. The minimum absolute atomic E-state index is 0.0299. The van der Waals surface area contributed by atoms with E-state index in [0.717, 1.165) is 10.6 Å². The van der Waals surface area contributed by atoms with Crippen molar-refractivity contribution in [3.05, 3.63) is 72.4 Å². The Morgan fingerprint density at radius 3 is 2.58 bits per heavy atom. The predicted molar refractivity (Wildman–Crippen MR) is 122 cm³/mol. The van der Waals surface area contributed by atoms with Crippen LogP contribution in [0.5, 0.6) is 5.75 Å². The summed E-state index contributed by atoms with van der Waals surface area (Å²) in [5, 5.41) is 3.56. The Labute approximate surface area is 185 Å². The molecule has 31 heavy (non-hydrogen) atoms. The van der Waals surface area contributed by atoms with Crippen molar-refractivity contribution in [3.63, 3.8) is 0 Å². The molecule has 1 atom stereocenters.